The lowest BCUT2D eigenvalue weighted by Gasteiger charge is -2.05. The van der Waals surface area contributed by atoms with Crippen LogP contribution < -0.4 is 0 Å². The lowest BCUT2D eigenvalue weighted by Crippen LogP contribution is -2.06. The molecule has 1 aromatic heterocycles. The summed E-state index contributed by atoms with van der Waals surface area (Å²) >= 11 is 0. The Morgan fingerprint density at radius 1 is 1.58 bits per heavy atom. The van der Waals surface area contributed by atoms with Crippen molar-refractivity contribution in [1.82, 2.24) is 20.6 Å². The maximum absolute atomic E-state index is 5.47. The summed E-state index contributed by atoms with van der Waals surface area (Å²) < 4.78 is 5.47. The minimum Gasteiger partial charge on any atom is -0.378 e. The van der Waals surface area contributed by atoms with Crippen LogP contribution in [0.4, 0.5) is 0 Å². The highest BCUT2D eigenvalue weighted by atomic mass is 16.5. The Labute approximate surface area is 70.5 Å². The molecule has 0 bridgehead atoms. The van der Waals surface area contributed by atoms with Crippen molar-refractivity contribution in [1.29, 1.82) is 0 Å². The molecule has 0 aromatic carbocycles. The van der Waals surface area contributed by atoms with Gasteiger partial charge in [-0.15, -0.1) is 10.2 Å². The molecule has 0 spiro atoms. The molecular weight excluding hydrogens is 156 g/mol. The topological polar surface area (TPSA) is 63.7 Å². The Kier molecular flexibility index (Phi) is 2.31. The number of aromatic nitrogens is 4. The maximum atomic E-state index is 5.47. The van der Waals surface area contributed by atoms with Gasteiger partial charge in [0, 0.05) is 13.0 Å². The minimum atomic E-state index is 0.420. The normalized spacial score (nSPS) is 23.2. The van der Waals surface area contributed by atoms with Gasteiger partial charge >= 0.3 is 0 Å². The van der Waals surface area contributed by atoms with Crippen LogP contribution in [0.5, 0.6) is 0 Å². The van der Waals surface area contributed by atoms with Gasteiger partial charge in [0.25, 0.3) is 0 Å². The van der Waals surface area contributed by atoms with E-state index in [0.717, 1.165) is 25.3 Å². The molecular formula is C7H12N4O. The highest BCUT2D eigenvalue weighted by Gasteiger charge is 2.15. The van der Waals surface area contributed by atoms with E-state index in [-0.39, 0.29) is 0 Å². The molecule has 1 aliphatic heterocycles. The van der Waals surface area contributed by atoms with Crippen LogP contribution in [0.25, 0.3) is 0 Å². The van der Waals surface area contributed by atoms with Crippen molar-refractivity contribution in [2.45, 2.75) is 31.8 Å². The van der Waals surface area contributed by atoms with Crippen LogP contribution in [0, 0.1) is 0 Å². The molecule has 12 heavy (non-hydrogen) atoms. The summed E-state index contributed by atoms with van der Waals surface area (Å²) in [7, 11) is 0. The van der Waals surface area contributed by atoms with Crippen LogP contribution in [-0.4, -0.2) is 33.3 Å². The molecule has 2 rings (SSSR count). The third kappa shape index (κ3) is 1.79. The monoisotopic (exact) mass is 168 g/mol. The second-order valence-corrected chi connectivity index (χ2v) is 3.00. The number of H-pyrrole nitrogens is 1. The summed E-state index contributed by atoms with van der Waals surface area (Å²) in [5.74, 6) is 0.783. The summed E-state index contributed by atoms with van der Waals surface area (Å²) in [5.41, 5.74) is 0. The quantitative estimate of drug-likeness (QED) is 0.705. The Bertz CT molecular complexity index is 217. The molecule has 0 amide bonds. The van der Waals surface area contributed by atoms with Gasteiger partial charge in [0.05, 0.1) is 6.10 Å². The maximum Gasteiger partial charge on any atom is 0.174 e. The van der Waals surface area contributed by atoms with Crippen molar-refractivity contribution in [3.63, 3.8) is 0 Å². The largest absolute Gasteiger partial charge is 0.378 e. The van der Waals surface area contributed by atoms with Crippen LogP contribution in [0.1, 0.15) is 25.1 Å². The summed E-state index contributed by atoms with van der Waals surface area (Å²) in [6.45, 7) is 0.914. The predicted molar refractivity (Wildman–Crippen MR) is 41.5 cm³/mol. The zero-order valence-electron chi connectivity index (χ0n) is 6.86. The van der Waals surface area contributed by atoms with Crippen molar-refractivity contribution < 1.29 is 4.74 Å². The van der Waals surface area contributed by atoms with Gasteiger partial charge in [0.2, 0.25) is 0 Å². The van der Waals surface area contributed by atoms with Gasteiger partial charge < -0.3 is 4.74 Å². The van der Waals surface area contributed by atoms with E-state index in [1.807, 2.05) is 0 Å². The third-order valence-corrected chi connectivity index (χ3v) is 2.10. The van der Waals surface area contributed by atoms with Crippen molar-refractivity contribution in [2.75, 3.05) is 6.61 Å². The van der Waals surface area contributed by atoms with Crippen molar-refractivity contribution >= 4 is 0 Å². The molecule has 0 saturated carbocycles. The highest BCUT2D eigenvalue weighted by molar-refractivity contribution is 4.78. The molecule has 0 radical (unpaired) electrons. The minimum absolute atomic E-state index is 0.420. The molecule has 0 aliphatic carbocycles. The molecule has 1 fully saturated rings. The van der Waals surface area contributed by atoms with Crippen LogP contribution in [0.2, 0.25) is 0 Å². The molecule has 66 valence electrons. The fourth-order valence-electron chi connectivity index (χ4n) is 1.45. The lowest BCUT2D eigenvalue weighted by atomic mass is 10.1. The fraction of sp³-hybridized carbons (Fsp3) is 0.857. The van der Waals surface area contributed by atoms with Gasteiger partial charge in [-0.3, -0.25) is 0 Å². The SMILES string of the molecule is C1COC(CCc2nn[nH]n2)C1. The van der Waals surface area contributed by atoms with Gasteiger partial charge in [-0.25, -0.2) is 0 Å². The van der Waals surface area contributed by atoms with Gasteiger partial charge in [-0.05, 0) is 19.3 Å². The van der Waals surface area contributed by atoms with Gasteiger partial charge in [-0.2, -0.15) is 5.21 Å². The number of hydrogen-bond acceptors (Lipinski definition) is 4. The molecule has 1 aromatic rings. The summed E-state index contributed by atoms with van der Waals surface area (Å²) in [6.07, 6.45) is 4.67. The number of aromatic amines is 1. The first-order valence-electron chi connectivity index (χ1n) is 4.29. The van der Waals surface area contributed by atoms with Gasteiger partial charge in [0.15, 0.2) is 5.82 Å². The summed E-state index contributed by atoms with van der Waals surface area (Å²) in [6, 6.07) is 0. The fourth-order valence-corrected chi connectivity index (χ4v) is 1.45. The average molecular weight is 168 g/mol. The molecule has 1 N–H and O–H groups in total. The zero-order chi connectivity index (χ0) is 8.23. The summed E-state index contributed by atoms with van der Waals surface area (Å²) in [5, 5.41) is 13.7. The van der Waals surface area contributed by atoms with Crippen LogP contribution in [0.3, 0.4) is 0 Å². The highest BCUT2D eigenvalue weighted by Crippen LogP contribution is 2.16. The van der Waals surface area contributed by atoms with Crippen molar-refractivity contribution in [2.24, 2.45) is 0 Å². The molecule has 5 heteroatoms. The molecule has 1 unspecified atom stereocenters. The third-order valence-electron chi connectivity index (χ3n) is 2.10. The standard InChI is InChI=1S/C7H12N4O/c1-2-6(12-5-1)3-4-7-8-10-11-9-7/h6H,1-5H2,(H,8,9,10,11). The number of nitrogens with one attached hydrogen (secondary N) is 1. The number of nitrogens with zero attached hydrogens (tertiary/aromatic N) is 3. The van der Waals surface area contributed by atoms with E-state index in [1.165, 1.54) is 12.8 Å². The molecule has 1 saturated heterocycles. The summed E-state index contributed by atoms with van der Waals surface area (Å²) in [4.78, 5) is 0. The average Bonchev–Trinajstić information content (AvgIpc) is 2.74. The first-order chi connectivity index (χ1) is 5.95. The lowest BCUT2D eigenvalue weighted by molar-refractivity contribution is 0.104. The first kappa shape index (κ1) is 7.67. The predicted octanol–water partition coefficient (Wildman–Crippen LogP) is 0.311. The molecule has 2 heterocycles. The Balaban J connectivity index is 1.74. The number of rotatable bonds is 3. The van der Waals surface area contributed by atoms with E-state index in [9.17, 15) is 0 Å². The van der Waals surface area contributed by atoms with E-state index in [4.69, 9.17) is 4.74 Å². The zero-order valence-corrected chi connectivity index (χ0v) is 6.86. The van der Waals surface area contributed by atoms with E-state index in [0.29, 0.717) is 6.10 Å². The van der Waals surface area contributed by atoms with Crippen LogP contribution in [0.15, 0.2) is 0 Å². The molecule has 1 atom stereocenters. The number of hydrogen-bond donors (Lipinski definition) is 1. The van der Waals surface area contributed by atoms with Crippen LogP contribution in [-0.2, 0) is 11.2 Å². The van der Waals surface area contributed by atoms with E-state index >= 15 is 0 Å². The van der Waals surface area contributed by atoms with Gasteiger partial charge in [0.1, 0.15) is 0 Å². The van der Waals surface area contributed by atoms with Crippen molar-refractivity contribution in [3.05, 3.63) is 5.82 Å². The number of aryl methyl sites for hydroxylation is 1. The van der Waals surface area contributed by atoms with E-state index in [2.05, 4.69) is 20.6 Å². The second-order valence-electron chi connectivity index (χ2n) is 3.00. The molecule has 1 aliphatic rings. The number of ether oxygens (including phenoxy) is 1. The van der Waals surface area contributed by atoms with Crippen LogP contribution >= 0.6 is 0 Å². The molecule has 5 nitrogen and oxygen atoms in total. The first-order valence-corrected chi connectivity index (χ1v) is 4.29. The number of tetrazole rings is 1. The Hall–Kier alpha value is -0.970. The van der Waals surface area contributed by atoms with Gasteiger partial charge in [-0.1, -0.05) is 5.21 Å². The van der Waals surface area contributed by atoms with Crippen molar-refractivity contribution in [3.8, 4) is 0 Å². The Morgan fingerprint density at radius 3 is 3.25 bits per heavy atom. The van der Waals surface area contributed by atoms with E-state index in [1.54, 1.807) is 0 Å². The second kappa shape index (κ2) is 3.62. The van der Waals surface area contributed by atoms with E-state index < -0.39 is 0 Å². The Morgan fingerprint density at radius 2 is 2.58 bits per heavy atom. The smallest absolute Gasteiger partial charge is 0.174 e.